The SMILES string of the molecule is CCNCCCn1nc(C)c(S(=O)(=O)NN(C)C)c1C. The summed E-state index contributed by atoms with van der Waals surface area (Å²) in [4.78, 5) is 2.72. The van der Waals surface area contributed by atoms with Gasteiger partial charge in [-0.1, -0.05) is 6.92 Å². The fraction of sp³-hybridized carbons (Fsp3) is 0.750. The largest absolute Gasteiger partial charge is 0.317 e. The average Bonchev–Trinajstić information content (AvgIpc) is 2.58. The Morgan fingerprint density at radius 2 is 1.95 bits per heavy atom. The number of rotatable bonds is 8. The van der Waals surface area contributed by atoms with E-state index in [0.717, 1.165) is 19.5 Å². The molecule has 0 aliphatic carbocycles. The van der Waals surface area contributed by atoms with E-state index in [1.807, 2.05) is 0 Å². The van der Waals surface area contributed by atoms with Gasteiger partial charge in [-0.15, -0.1) is 4.83 Å². The van der Waals surface area contributed by atoms with Crippen LogP contribution in [0.2, 0.25) is 0 Å². The number of aromatic nitrogens is 2. The predicted molar refractivity (Wildman–Crippen MR) is 78.9 cm³/mol. The van der Waals surface area contributed by atoms with E-state index in [0.29, 0.717) is 17.9 Å². The van der Waals surface area contributed by atoms with Crippen LogP contribution in [0.3, 0.4) is 0 Å². The van der Waals surface area contributed by atoms with Crippen LogP contribution in [0.5, 0.6) is 0 Å². The molecular weight excluding hydrogens is 278 g/mol. The minimum absolute atomic E-state index is 0.273. The van der Waals surface area contributed by atoms with Crippen LogP contribution in [0.1, 0.15) is 24.7 Å². The molecule has 1 heterocycles. The van der Waals surface area contributed by atoms with E-state index in [-0.39, 0.29) is 4.90 Å². The van der Waals surface area contributed by atoms with Crippen molar-refractivity contribution in [3.63, 3.8) is 0 Å². The van der Waals surface area contributed by atoms with E-state index in [9.17, 15) is 8.42 Å². The molecule has 1 aromatic heterocycles. The van der Waals surface area contributed by atoms with Crippen molar-refractivity contribution in [3.05, 3.63) is 11.4 Å². The Morgan fingerprint density at radius 1 is 1.30 bits per heavy atom. The van der Waals surface area contributed by atoms with E-state index < -0.39 is 10.0 Å². The van der Waals surface area contributed by atoms with Gasteiger partial charge >= 0.3 is 0 Å². The second kappa shape index (κ2) is 7.16. The monoisotopic (exact) mass is 303 g/mol. The fourth-order valence-corrected chi connectivity index (χ4v) is 3.60. The van der Waals surface area contributed by atoms with Gasteiger partial charge in [-0.25, -0.2) is 13.4 Å². The average molecular weight is 303 g/mol. The molecule has 7 nitrogen and oxygen atoms in total. The van der Waals surface area contributed by atoms with E-state index in [1.54, 1.807) is 32.6 Å². The molecule has 0 aliphatic rings. The molecule has 0 fully saturated rings. The summed E-state index contributed by atoms with van der Waals surface area (Å²) >= 11 is 0. The number of sulfonamides is 1. The van der Waals surface area contributed by atoms with Crippen molar-refractivity contribution in [3.8, 4) is 0 Å². The third-order valence-corrected chi connectivity index (χ3v) is 4.59. The van der Waals surface area contributed by atoms with Crippen LogP contribution in [0.4, 0.5) is 0 Å². The summed E-state index contributed by atoms with van der Waals surface area (Å²) in [5.41, 5.74) is 1.20. The van der Waals surface area contributed by atoms with Crippen LogP contribution < -0.4 is 10.1 Å². The molecule has 2 N–H and O–H groups in total. The maximum absolute atomic E-state index is 12.3. The van der Waals surface area contributed by atoms with Crippen LogP contribution >= 0.6 is 0 Å². The lowest BCUT2D eigenvalue weighted by Crippen LogP contribution is -2.36. The molecule has 0 spiro atoms. The van der Waals surface area contributed by atoms with E-state index in [2.05, 4.69) is 22.2 Å². The lowest BCUT2D eigenvalue weighted by atomic mass is 10.4. The smallest absolute Gasteiger partial charge is 0.257 e. The number of hydrogen-bond acceptors (Lipinski definition) is 5. The molecule has 0 aromatic carbocycles. The first-order valence-corrected chi connectivity index (χ1v) is 8.22. The topological polar surface area (TPSA) is 79.3 Å². The first-order valence-electron chi connectivity index (χ1n) is 6.74. The highest BCUT2D eigenvalue weighted by Gasteiger charge is 2.24. The summed E-state index contributed by atoms with van der Waals surface area (Å²) in [5, 5.41) is 8.98. The standard InChI is InChI=1S/C12H25N5O2S/c1-6-13-8-7-9-17-11(3)12(10(2)14-17)20(18,19)15-16(4)5/h13,15H,6-9H2,1-5H3. The van der Waals surface area contributed by atoms with Crippen molar-refractivity contribution in [1.82, 2.24) is 24.9 Å². The van der Waals surface area contributed by atoms with Crippen LogP contribution in [-0.2, 0) is 16.6 Å². The molecule has 1 aromatic rings. The predicted octanol–water partition coefficient (Wildman–Crippen LogP) is 0.254. The van der Waals surface area contributed by atoms with Gasteiger partial charge in [-0.2, -0.15) is 5.10 Å². The van der Waals surface area contributed by atoms with Gasteiger partial charge in [0.25, 0.3) is 10.0 Å². The number of aryl methyl sites for hydroxylation is 2. The minimum atomic E-state index is -3.56. The summed E-state index contributed by atoms with van der Waals surface area (Å²) in [6.07, 6.45) is 0.913. The summed E-state index contributed by atoms with van der Waals surface area (Å²) in [5.74, 6) is 0. The third kappa shape index (κ3) is 4.27. The van der Waals surface area contributed by atoms with Gasteiger partial charge in [0.1, 0.15) is 4.90 Å². The fourth-order valence-electron chi connectivity index (χ4n) is 2.10. The lowest BCUT2D eigenvalue weighted by molar-refractivity contribution is 0.363. The van der Waals surface area contributed by atoms with Gasteiger partial charge in [-0.05, 0) is 33.4 Å². The van der Waals surface area contributed by atoms with Gasteiger partial charge in [-0.3, -0.25) is 4.68 Å². The van der Waals surface area contributed by atoms with E-state index in [4.69, 9.17) is 0 Å². The molecule has 8 heteroatoms. The van der Waals surface area contributed by atoms with Gasteiger partial charge in [0.15, 0.2) is 0 Å². The molecule has 0 saturated carbocycles. The highest BCUT2D eigenvalue weighted by Crippen LogP contribution is 2.19. The molecule has 1 rings (SSSR count). The zero-order valence-electron chi connectivity index (χ0n) is 12.9. The van der Waals surface area contributed by atoms with Crippen molar-refractivity contribution >= 4 is 10.0 Å². The van der Waals surface area contributed by atoms with Crippen LogP contribution in [0.15, 0.2) is 4.90 Å². The molecule has 0 aliphatic heterocycles. The van der Waals surface area contributed by atoms with Crippen molar-refractivity contribution in [2.24, 2.45) is 0 Å². The van der Waals surface area contributed by atoms with Crippen molar-refractivity contribution in [1.29, 1.82) is 0 Å². The number of hydrogen-bond donors (Lipinski definition) is 2. The number of nitrogens with zero attached hydrogens (tertiary/aromatic N) is 3. The van der Waals surface area contributed by atoms with Gasteiger partial charge in [0.2, 0.25) is 0 Å². The zero-order valence-corrected chi connectivity index (χ0v) is 13.7. The first-order chi connectivity index (χ1) is 9.29. The third-order valence-electron chi connectivity index (χ3n) is 2.86. The Bertz CT molecular complexity index is 536. The first kappa shape index (κ1) is 17.1. The Balaban J connectivity index is 2.92. The highest BCUT2D eigenvalue weighted by molar-refractivity contribution is 7.89. The summed E-state index contributed by atoms with van der Waals surface area (Å²) in [6.45, 7) is 8.10. The van der Waals surface area contributed by atoms with E-state index in [1.165, 1.54) is 5.01 Å². The van der Waals surface area contributed by atoms with Gasteiger partial charge in [0.05, 0.1) is 11.4 Å². The molecule has 0 amide bonds. The summed E-state index contributed by atoms with van der Waals surface area (Å²) in [6, 6.07) is 0. The Labute approximate surface area is 121 Å². The maximum Gasteiger partial charge on any atom is 0.257 e. The molecule has 0 bridgehead atoms. The highest BCUT2D eigenvalue weighted by atomic mass is 32.2. The lowest BCUT2D eigenvalue weighted by Gasteiger charge is -2.12. The molecule has 20 heavy (non-hydrogen) atoms. The molecule has 0 saturated heterocycles. The zero-order chi connectivity index (χ0) is 15.3. The Hall–Kier alpha value is -0.960. The van der Waals surface area contributed by atoms with Gasteiger partial charge < -0.3 is 5.32 Å². The Kier molecular flexibility index (Phi) is 6.12. The van der Waals surface area contributed by atoms with Gasteiger partial charge in [0, 0.05) is 20.6 Å². The van der Waals surface area contributed by atoms with Crippen molar-refractivity contribution < 1.29 is 8.42 Å². The summed E-state index contributed by atoms with van der Waals surface area (Å²) < 4.78 is 26.3. The minimum Gasteiger partial charge on any atom is -0.317 e. The second-order valence-corrected chi connectivity index (χ2v) is 6.52. The van der Waals surface area contributed by atoms with Crippen LogP contribution in [0, 0.1) is 13.8 Å². The molecule has 0 radical (unpaired) electrons. The summed E-state index contributed by atoms with van der Waals surface area (Å²) in [7, 11) is -0.274. The Morgan fingerprint density at radius 3 is 2.50 bits per heavy atom. The second-order valence-electron chi connectivity index (χ2n) is 4.92. The normalized spacial score (nSPS) is 12.3. The molecule has 0 unspecified atom stereocenters. The van der Waals surface area contributed by atoms with Crippen LogP contribution in [0.25, 0.3) is 0 Å². The number of hydrazine groups is 1. The quantitative estimate of drug-likeness (QED) is 0.532. The maximum atomic E-state index is 12.3. The molecule has 0 atom stereocenters. The van der Waals surface area contributed by atoms with Crippen molar-refractivity contribution in [2.75, 3.05) is 27.2 Å². The van der Waals surface area contributed by atoms with Crippen LogP contribution in [-0.4, -0.2) is 50.4 Å². The number of nitrogens with one attached hydrogen (secondary N) is 2. The van der Waals surface area contributed by atoms with Crippen molar-refractivity contribution in [2.45, 2.75) is 38.6 Å². The molecular formula is C12H25N5O2S. The molecule has 116 valence electrons. The van der Waals surface area contributed by atoms with E-state index >= 15 is 0 Å².